The van der Waals surface area contributed by atoms with Crippen LogP contribution in [0.2, 0.25) is 0 Å². The number of aliphatic carboxylic acids is 1. The maximum absolute atomic E-state index is 11.8. The highest BCUT2D eigenvalue weighted by Gasteiger charge is 2.18. The molecule has 1 heterocycles. The van der Waals surface area contributed by atoms with Gasteiger partial charge < -0.3 is 15.6 Å². The molecule has 0 aliphatic heterocycles. The van der Waals surface area contributed by atoms with E-state index in [1.165, 1.54) is 0 Å². The Morgan fingerprint density at radius 3 is 2.59 bits per heavy atom. The number of carboxylic acids is 1. The van der Waals surface area contributed by atoms with Gasteiger partial charge in [-0.1, -0.05) is 6.07 Å². The normalized spacial score (nSPS) is 11.0. The van der Waals surface area contributed by atoms with Crippen molar-refractivity contribution in [2.45, 2.75) is 52.1 Å². The predicted molar refractivity (Wildman–Crippen MR) is 83.7 cm³/mol. The van der Waals surface area contributed by atoms with Crippen LogP contribution in [0.1, 0.15) is 45.6 Å². The number of anilines is 2. The second-order valence-electron chi connectivity index (χ2n) is 5.97. The number of carboxylic acid groups (broad SMARTS) is 1. The zero-order chi connectivity index (χ0) is 16.8. The monoisotopic (exact) mass is 309 g/mol. The fourth-order valence-corrected chi connectivity index (χ4v) is 1.81. The molecular weight excluding hydrogens is 286 g/mol. The van der Waals surface area contributed by atoms with Gasteiger partial charge >= 0.3 is 12.1 Å². The molecule has 0 aliphatic rings. The van der Waals surface area contributed by atoms with Crippen molar-refractivity contribution in [2.24, 2.45) is 0 Å². The lowest BCUT2D eigenvalue weighted by Gasteiger charge is -2.20. The third-order valence-corrected chi connectivity index (χ3v) is 2.71. The summed E-state index contributed by atoms with van der Waals surface area (Å²) in [6.45, 7) is 5.31. The number of hydrogen-bond donors (Lipinski definition) is 3. The molecule has 22 heavy (non-hydrogen) atoms. The first-order chi connectivity index (χ1) is 10.2. The fourth-order valence-electron chi connectivity index (χ4n) is 1.81. The Morgan fingerprint density at radius 1 is 1.32 bits per heavy atom. The number of pyridine rings is 1. The maximum atomic E-state index is 11.8. The van der Waals surface area contributed by atoms with Crippen molar-refractivity contribution in [1.82, 2.24) is 4.98 Å². The molecule has 122 valence electrons. The molecule has 4 N–H and O–H groups in total. The summed E-state index contributed by atoms with van der Waals surface area (Å²) in [6, 6.07) is 3.42. The van der Waals surface area contributed by atoms with Crippen LogP contribution in [0.4, 0.5) is 16.4 Å². The van der Waals surface area contributed by atoms with Crippen LogP contribution in [0, 0.1) is 0 Å². The summed E-state index contributed by atoms with van der Waals surface area (Å²) < 4.78 is 5.19. The van der Waals surface area contributed by atoms with Gasteiger partial charge in [-0.2, -0.15) is 0 Å². The van der Waals surface area contributed by atoms with Crippen molar-refractivity contribution >= 4 is 23.7 Å². The Hall–Kier alpha value is -2.31. The molecule has 1 rings (SSSR count). The topological polar surface area (TPSA) is 115 Å². The average molecular weight is 309 g/mol. The van der Waals surface area contributed by atoms with Crippen LogP contribution < -0.4 is 11.1 Å². The quantitative estimate of drug-likeness (QED) is 0.696. The zero-order valence-electron chi connectivity index (χ0n) is 13.2. The lowest BCUT2D eigenvalue weighted by Crippen LogP contribution is -2.28. The molecule has 0 saturated carbocycles. The first-order valence-corrected chi connectivity index (χ1v) is 7.14. The minimum atomic E-state index is -0.817. The molecule has 7 heteroatoms. The van der Waals surface area contributed by atoms with E-state index in [9.17, 15) is 9.59 Å². The van der Waals surface area contributed by atoms with Crippen LogP contribution in [-0.4, -0.2) is 27.8 Å². The summed E-state index contributed by atoms with van der Waals surface area (Å²) in [5.74, 6) is -0.174. The van der Waals surface area contributed by atoms with Gasteiger partial charge in [-0.05, 0) is 51.7 Å². The van der Waals surface area contributed by atoms with Crippen LogP contribution in [0.5, 0.6) is 0 Å². The van der Waals surface area contributed by atoms with Crippen molar-refractivity contribution in [3.63, 3.8) is 0 Å². The minimum Gasteiger partial charge on any atom is -0.481 e. The Balaban J connectivity index is 2.69. The number of amides is 1. The van der Waals surface area contributed by atoms with E-state index in [4.69, 9.17) is 15.6 Å². The molecule has 0 aliphatic carbocycles. The Labute approximate surface area is 129 Å². The van der Waals surface area contributed by atoms with Gasteiger partial charge in [-0.25, -0.2) is 9.78 Å². The number of rotatable bonds is 6. The SMILES string of the molecule is CC(C)(C)OC(=O)Nc1nc(N)ccc1CCCCC(=O)O. The molecule has 0 spiro atoms. The second-order valence-corrected chi connectivity index (χ2v) is 5.97. The second kappa shape index (κ2) is 7.63. The molecule has 0 saturated heterocycles. The summed E-state index contributed by atoms with van der Waals surface area (Å²) in [4.78, 5) is 26.4. The van der Waals surface area contributed by atoms with Gasteiger partial charge in [0.2, 0.25) is 0 Å². The van der Waals surface area contributed by atoms with Crippen LogP contribution in [0.3, 0.4) is 0 Å². The van der Waals surface area contributed by atoms with Gasteiger partial charge in [0.15, 0.2) is 0 Å². The number of aromatic nitrogens is 1. The van der Waals surface area contributed by atoms with Gasteiger partial charge in [-0.15, -0.1) is 0 Å². The number of nitrogen functional groups attached to an aromatic ring is 1. The number of unbranched alkanes of at least 4 members (excludes halogenated alkanes) is 1. The first-order valence-electron chi connectivity index (χ1n) is 7.14. The molecule has 0 bridgehead atoms. The van der Waals surface area contributed by atoms with Gasteiger partial charge in [-0.3, -0.25) is 10.1 Å². The van der Waals surface area contributed by atoms with Crippen molar-refractivity contribution in [3.8, 4) is 0 Å². The number of nitrogens with one attached hydrogen (secondary N) is 1. The number of aryl methyl sites for hydroxylation is 1. The number of nitrogens with zero attached hydrogens (tertiary/aromatic N) is 1. The standard InChI is InChI=1S/C15H23N3O4/c1-15(2,3)22-14(21)18-13-10(8-9-11(16)17-13)6-4-5-7-12(19)20/h8-9H,4-7H2,1-3H3,(H,19,20)(H3,16,17,18,21). The highest BCUT2D eigenvalue weighted by Crippen LogP contribution is 2.19. The highest BCUT2D eigenvalue weighted by molar-refractivity contribution is 5.84. The summed E-state index contributed by atoms with van der Waals surface area (Å²) in [6.07, 6.45) is 1.37. The van der Waals surface area contributed by atoms with Crippen molar-refractivity contribution in [1.29, 1.82) is 0 Å². The summed E-state index contributed by atoms with van der Waals surface area (Å²) in [5, 5.41) is 11.2. The molecule has 7 nitrogen and oxygen atoms in total. The van der Waals surface area contributed by atoms with E-state index < -0.39 is 17.7 Å². The lowest BCUT2D eigenvalue weighted by atomic mass is 10.1. The molecule has 1 aromatic heterocycles. The molecule has 0 atom stereocenters. The maximum Gasteiger partial charge on any atom is 0.413 e. The van der Waals surface area contributed by atoms with Gasteiger partial charge in [0.25, 0.3) is 0 Å². The van der Waals surface area contributed by atoms with E-state index in [0.29, 0.717) is 30.9 Å². The smallest absolute Gasteiger partial charge is 0.413 e. The molecule has 0 radical (unpaired) electrons. The molecule has 1 aromatic rings. The Bertz CT molecular complexity index is 538. The van der Waals surface area contributed by atoms with E-state index in [1.807, 2.05) is 0 Å². The van der Waals surface area contributed by atoms with Crippen LogP contribution in [0.25, 0.3) is 0 Å². The van der Waals surface area contributed by atoms with E-state index >= 15 is 0 Å². The highest BCUT2D eigenvalue weighted by atomic mass is 16.6. The Kier molecular flexibility index (Phi) is 6.15. The van der Waals surface area contributed by atoms with Crippen LogP contribution in [-0.2, 0) is 16.0 Å². The van der Waals surface area contributed by atoms with E-state index in [2.05, 4.69) is 10.3 Å². The molecule has 0 fully saturated rings. The zero-order valence-corrected chi connectivity index (χ0v) is 13.2. The first kappa shape index (κ1) is 17.7. The number of carbonyl (C=O) groups is 2. The fraction of sp³-hybridized carbons (Fsp3) is 0.533. The predicted octanol–water partition coefficient (Wildman–Crippen LogP) is 2.81. The van der Waals surface area contributed by atoms with Gasteiger partial charge in [0.05, 0.1) is 0 Å². The number of carbonyl (C=O) groups excluding carboxylic acids is 1. The molecular formula is C15H23N3O4. The molecule has 1 amide bonds. The minimum absolute atomic E-state index is 0.122. The van der Waals surface area contributed by atoms with Crippen molar-refractivity contribution in [3.05, 3.63) is 17.7 Å². The summed E-state index contributed by atoms with van der Waals surface area (Å²) >= 11 is 0. The van der Waals surface area contributed by atoms with E-state index in [0.717, 1.165) is 5.56 Å². The van der Waals surface area contributed by atoms with Crippen LogP contribution in [0.15, 0.2) is 12.1 Å². The summed E-state index contributed by atoms with van der Waals surface area (Å²) in [7, 11) is 0. The lowest BCUT2D eigenvalue weighted by molar-refractivity contribution is -0.137. The summed E-state index contributed by atoms with van der Waals surface area (Å²) in [5.41, 5.74) is 5.84. The van der Waals surface area contributed by atoms with Crippen LogP contribution >= 0.6 is 0 Å². The van der Waals surface area contributed by atoms with Crippen molar-refractivity contribution in [2.75, 3.05) is 11.1 Å². The van der Waals surface area contributed by atoms with Crippen molar-refractivity contribution < 1.29 is 19.4 Å². The Morgan fingerprint density at radius 2 is 2.00 bits per heavy atom. The third-order valence-electron chi connectivity index (χ3n) is 2.71. The van der Waals surface area contributed by atoms with Gasteiger partial charge in [0.1, 0.15) is 17.2 Å². The average Bonchev–Trinajstić information content (AvgIpc) is 2.34. The number of nitrogens with two attached hydrogens (primary N) is 1. The van der Waals surface area contributed by atoms with E-state index in [-0.39, 0.29) is 6.42 Å². The third kappa shape index (κ3) is 6.92. The van der Waals surface area contributed by atoms with E-state index in [1.54, 1.807) is 32.9 Å². The largest absolute Gasteiger partial charge is 0.481 e. The molecule has 0 aromatic carbocycles. The number of ether oxygens (including phenoxy) is 1. The molecule has 0 unspecified atom stereocenters. The van der Waals surface area contributed by atoms with Gasteiger partial charge in [0, 0.05) is 6.42 Å². The number of hydrogen-bond acceptors (Lipinski definition) is 5.